The van der Waals surface area contributed by atoms with E-state index in [1.54, 1.807) is 0 Å². The molecule has 1 aliphatic carbocycles. The Kier molecular flexibility index (Phi) is 4.57. The summed E-state index contributed by atoms with van der Waals surface area (Å²) in [5, 5.41) is 7.35. The average Bonchev–Trinajstić information content (AvgIpc) is 3.09. The molecular formula is C13H26N2S. The van der Waals surface area contributed by atoms with Crippen molar-refractivity contribution in [3.05, 3.63) is 0 Å². The summed E-state index contributed by atoms with van der Waals surface area (Å²) in [6.45, 7) is 4.78. The molecule has 2 N–H and O–H groups in total. The molecule has 1 heterocycles. The maximum atomic E-state index is 3.72. The summed E-state index contributed by atoms with van der Waals surface area (Å²) in [4.78, 5) is 0. The molecule has 1 saturated carbocycles. The van der Waals surface area contributed by atoms with Crippen molar-refractivity contribution in [2.24, 2.45) is 0 Å². The summed E-state index contributed by atoms with van der Waals surface area (Å²) in [6.07, 6.45) is 10.5. The first-order valence-electron chi connectivity index (χ1n) is 6.76. The van der Waals surface area contributed by atoms with Crippen molar-refractivity contribution in [2.75, 3.05) is 19.3 Å². The van der Waals surface area contributed by atoms with E-state index in [1.807, 2.05) is 11.8 Å². The molecule has 94 valence electrons. The van der Waals surface area contributed by atoms with Crippen LogP contribution in [0.15, 0.2) is 0 Å². The Balaban J connectivity index is 1.62. The van der Waals surface area contributed by atoms with E-state index in [-0.39, 0.29) is 0 Å². The summed E-state index contributed by atoms with van der Waals surface area (Å²) in [6, 6.07) is 1.43. The minimum Gasteiger partial charge on any atom is -0.314 e. The molecule has 2 fully saturated rings. The number of hydrogen-bond donors (Lipinski definition) is 2. The van der Waals surface area contributed by atoms with Gasteiger partial charge in [-0.15, -0.1) is 0 Å². The van der Waals surface area contributed by atoms with Crippen molar-refractivity contribution in [1.82, 2.24) is 10.6 Å². The van der Waals surface area contributed by atoms with Gasteiger partial charge < -0.3 is 10.6 Å². The van der Waals surface area contributed by atoms with Gasteiger partial charge in [0.05, 0.1) is 0 Å². The fourth-order valence-corrected chi connectivity index (χ4v) is 3.33. The molecule has 2 atom stereocenters. The first kappa shape index (κ1) is 12.7. The molecule has 16 heavy (non-hydrogen) atoms. The molecular weight excluding hydrogens is 216 g/mol. The number of nitrogens with one attached hydrogen (secondary N) is 2. The number of rotatable bonds is 6. The molecule has 0 aromatic heterocycles. The Morgan fingerprint density at radius 1 is 1.44 bits per heavy atom. The standard InChI is InChI=1S/C13H26N2S/c1-11(9-12-5-3-4-8-14-12)15-10-13(16-2)6-7-13/h11-12,14-15H,3-10H2,1-2H3. The molecule has 2 nitrogen and oxygen atoms in total. The van der Waals surface area contributed by atoms with E-state index in [2.05, 4.69) is 23.8 Å². The number of hydrogen-bond acceptors (Lipinski definition) is 3. The second-order valence-corrected chi connectivity index (χ2v) is 6.83. The quantitative estimate of drug-likeness (QED) is 0.748. The van der Waals surface area contributed by atoms with Gasteiger partial charge in [0, 0.05) is 23.4 Å². The van der Waals surface area contributed by atoms with Gasteiger partial charge in [0.1, 0.15) is 0 Å². The molecule has 2 rings (SSSR count). The Hall–Kier alpha value is 0.270. The summed E-state index contributed by atoms with van der Waals surface area (Å²) < 4.78 is 0.605. The lowest BCUT2D eigenvalue weighted by molar-refractivity contribution is 0.345. The Bertz CT molecular complexity index is 210. The van der Waals surface area contributed by atoms with Gasteiger partial charge in [0.15, 0.2) is 0 Å². The van der Waals surface area contributed by atoms with Crippen LogP contribution in [0.1, 0.15) is 45.4 Å². The third kappa shape index (κ3) is 3.64. The molecule has 1 aliphatic heterocycles. The van der Waals surface area contributed by atoms with Crippen LogP contribution >= 0.6 is 11.8 Å². The molecule has 0 amide bonds. The van der Waals surface area contributed by atoms with Gasteiger partial charge in [-0.1, -0.05) is 6.42 Å². The zero-order valence-corrected chi connectivity index (χ0v) is 11.5. The van der Waals surface area contributed by atoms with E-state index in [0.717, 1.165) is 6.04 Å². The Morgan fingerprint density at radius 2 is 2.25 bits per heavy atom. The summed E-state index contributed by atoms with van der Waals surface area (Å²) >= 11 is 2.05. The zero-order valence-electron chi connectivity index (χ0n) is 10.7. The molecule has 0 aromatic rings. The van der Waals surface area contributed by atoms with E-state index in [1.165, 1.54) is 51.6 Å². The first-order chi connectivity index (χ1) is 7.74. The second kappa shape index (κ2) is 5.74. The monoisotopic (exact) mass is 242 g/mol. The van der Waals surface area contributed by atoms with Crippen LogP contribution < -0.4 is 10.6 Å². The molecule has 0 radical (unpaired) electrons. The SMILES string of the molecule is CSC1(CNC(C)CC2CCCCN2)CC1. The van der Waals surface area contributed by atoms with Crippen LogP contribution in [0.5, 0.6) is 0 Å². The van der Waals surface area contributed by atoms with Crippen LogP contribution in [-0.4, -0.2) is 36.2 Å². The van der Waals surface area contributed by atoms with E-state index >= 15 is 0 Å². The minimum atomic E-state index is 0.605. The van der Waals surface area contributed by atoms with Gasteiger partial charge in [-0.05, 0) is 51.8 Å². The van der Waals surface area contributed by atoms with E-state index in [0.29, 0.717) is 10.8 Å². The molecule has 3 heteroatoms. The maximum Gasteiger partial charge on any atom is 0.0282 e. The molecule has 0 bridgehead atoms. The third-order valence-corrected chi connectivity index (χ3v) is 5.48. The van der Waals surface area contributed by atoms with Crippen molar-refractivity contribution in [1.29, 1.82) is 0 Å². The van der Waals surface area contributed by atoms with E-state index < -0.39 is 0 Å². The smallest absolute Gasteiger partial charge is 0.0282 e. The fourth-order valence-electron chi connectivity index (χ4n) is 2.59. The number of piperidine rings is 1. The van der Waals surface area contributed by atoms with Crippen LogP contribution in [0.3, 0.4) is 0 Å². The Labute approximate surface area is 104 Å². The summed E-state index contributed by atoms with van der Waals surface area (Å²) in [5.41, 5.74) is 0. The van der Waals surface area contributed by atoms with Gasteiger partial charge in [-0.3, -0.25) is 0 Å². The van der Waals surface area contributed by atoms with Crippen molar-refractivity contribution < 1.29 is 0 Å². The van der Waals surface area contributed by atoms with Crippen molar-refractivity contribution in [3.8, 4) is 0 Å². The van der Waals surface area contributed by atoms with Crippen LogP contribution in [-0.2, 0) is 0 Å². The maximum absolute atomic E-state index is 3.72. The third-order valence-electron chi connectivity index (χ3n) is 4.06. The molecule has 0 spiro atoms. The second-order valence-electron chi connectivity index (χ2n) is 5.55. The normalized spacial score (nSPS) is 30.0. The molecule has 1 saturated heterocycles. The highest BCUT2D eigenvalue weighted by atomic mass is 32.2. The Morgan fingerprint density at radius 3 is 2.81 bits per heavy atom. The molecule has 2 unspecified atom stereocenters. The van der Waals surface area contributed by atoms with Crippen LogP contribution in [0.4, 0.5) is 0 Å². The minimum absolute atomic E-state index is 0.605. The van der Waals surface area contributed by atoms with Crippen LogP contribution in [0, 0.1) is 0 Å². The van der Waals surface area contributed by atoms with Crippen LogP contribution in [0.25, 0.3) is 0 Å². The van der Waals surface area contributed by atoms with Crippen molar-refractivity contribution in [2.45, 2.75) is 62.3 Å². The van der Waals surface area contributed by atoms with Crippen LogP contribution in [0.2, 0.25) is 0 Å². The molecule has 2 aliphatic rings. The van der Waals surface area contributed by atoms with Gasteiger partial charge in [0.2, 0.25) is 0 Å². The van der Waals surface area contributed by atoms with E-state index in [4.69, 9.17) is 0 Å². The zero-order chi connectivity index (χ0) is 11.4. The van der Waals surface area contributed by atoms with Crippen molar-refractivity contribution in [3.63, 3.8) is 0 Å². The van der Waals surface area contributed by atoms with Gasteiger partial charge in [-0.2, -0.15) is 11.8 Å². The average molecular weight is 242 g/mol. The van der Waals surface area contributed by atoms with E-state index in [9.17, 15) is 0 Å². The van der Waals surface area contributed by atoms with Gasteiger partial charge >= 0.3 is 0 Å². The summed E-state index contributed by atoms with van der Waals surface area (Å²) in [7, 11) is 0. The highest BCUT2D eigenvalue weighted by Crippen LogP contribution is 2.46. The van der Waals surface area contributed by atoms with Gasteiger partial charge in [0.25, 0.3) is 0 Å². The largest absolute Gasteiger partial charge is 0.314 e. The lowest BCUT2D eigenvalue weighted by Gasteiger charge is -2.27. The number of thioether (sulfide) groups is 1. The van der Waals surface area contributed by atoms with Crippen molar-refractivity contribution >= 4 is 11.8 Å². The first-order valence-corrected chi connectivity index (χ1v) is 7.98. The molecule has 0 aromatic carbocycles. The predicted molar refractivity (Wildman–Crippen MR) is 73.2 cm³/mol. The predicted octanol–water partition coefficient (Wildman–Crippen LogP) is 2.39. The highest BCUT2D eigenvalue weighted by molar-refractivity contribution is 8.00. The van der Waals surface area contributed by atoms with Gasteiger partial charge in [-0.25, -0.2) is 0 Å². The fraction of sp³-hybridized carbons (Fsp3) is 1.00. The highest BCUT2D eigenvalue weighted by Gasteiger charge is 2.41. The summed E-state index contributed by atoms with van der Waals surface area (Å²) in [5.74, 6) is 0. The lowest BCUT2D eigenvalue weighted by atomic mass is 9.99. The lowest BCUT2D eigenvalue weighted by Crippen LogP contribution is -2.41. The topological polar surface area (TPSA) is 24.1 Å².